The summed E-state index contributed by atoms with van der Waals surface area (Å²) in [7, 11) is 0. The number of aromatic nitrogens is 2. The topological polar surface area (TPSA) is 17.8 Å². The van der Waals surface area contributed by atoms with Crippen molar-refractivity contribution in [3.05, 3.63) is 54.1 Å². The molecule has 2 aromatic rings. The third kappa shape index (κ3) is 3.45. The van der Waals surface area contributed by atoms with Gasteiger partial charge in [-0.1, -0.05) is 26.8 Å². The average Bonchev–Trinajstić information content (AvgIpc) is 2.65. The van der Waals surface area contributed by atoms with E-state index < -0.39 is 0 Å². The number of rotatable bonds is 3. The van der Waals surface area contributed by atoms with Crippen molar-refractivity contribution in [3.8, 4) is 0 Å². The highest BCUT2D eigenvalue weighted by Gasteiger charge is 2.12. The summed E-state index contributed by atoms with van der Waals surface area (Å²) in [6.07, 6.45) is 6.88. The monoisotopic (exact) mass is 228 g/mol. The Bertz CT molecular complexity index is 463. The maximum Gasteiger partial charge on any atom is 0.0303 e. The first-order chi connectivity index (χ1) is 8.04. The van der Waals surface area contributed by atoms with Gasteiger partial charge in [-0.15, -0.1) is 0 Å². The molecular weight excluding hydrogens is 208 g/mol. The average molecular weight is 228 g/mol. The molecule has 0 saturated heterocycles. The third-order valence-electron chi connectivity index (χ3n) is 2.68. The van der Waals surface area contributed by atoms with E-state index in [1.165, 1.54) is 11.3 Å². The van der Waals surface area contributed by atoms with Gasteiger partial charge in [0.05, 0.1) is 0 Å². The molecule has 0 N–H and O–H groups in total. The van der Waals surface area contributed by atoms with E-state index >= 15 is 0 Å². The molecule has 0 saturated carbocycles. The van der Waals surface area contributed by atoms with Gasteiger partial charge < -0.3 is 4.57 Å². The van der Waals surface area contributed by atoms with Crippen molar-refractivity contribution in [1.29, 1.82) is 0 Å². The van der Waals surface area contributed by atoms with E-state index in [0.29, 0.717) is 5.41 Å². The van der Waals surface area contributed by atoms with E-state index in [-0.39, 0.29) is 0 Å². The molecule has 2 heterocycles. The van der Waals surface area contributed by atoms with Gasteiger partial charge in [-0.2, -0.15) is 0 Å². The first-order valence-electron chi connectivity index (χ1n) is 6.07. The lowest BCUT2D eigenvalue weighted by Crippen LogP contribution is -2.16. The highest BCUT2D eigenvalue weighted by Crippen LogP contribution is 2.19. The van der Waals surface area contributed by atoms with Gasteiger partial charge in [0.2, 0.25) is 0 Å². The number of pyridine rings is 1. The second kappa shape index (κ2) is 4.74. The van der Waals surface area contributed by atoms with Crippen LogP contribution in [0.15, 0.2) is 42.9 Å². The van der Waals surface area contributed by atoms with Crippen LogP contribution >= 0.6 is 0 Å². The summed E-state index contributed by atoms with van der Waals surface area (Å²) in [6, 6.07) is 8.43. The van der Waals surface area contributed by atoms with E-state index in [9.17, 15) is 0 Å². The maximum atomic E-state index is 4.16. The molecule has 17 heavy (non-hydrogen) atoms. The zero-order valence-corrected chi connectivity index (χ0v) is 10.9. The predicted octanol–water partition coefficient (Wildman–Crippen LogP) is 3.52. The Morgan fingerprint density at radius 2 is 2.00 bits per heavy atom. The molecule has 0 aliphatic heterocycles. The maximum absolute atomic E-state index is 4.16. The largest absolute Gasteiger partial charge is 0.351 e. The van der Waals surface area contributed by atoms with Crippen LogP contribution in [-0.2, 0) is 13.0 Å². The first-order valence-corrected chi connectivity index (χ1v) is 6.07. The molecule has 0 aliphatic rings. The number of nitrogens with zero attached hydrogens (tertiary/aromatic N) is 2. The SMILES string of the molecule is CC(C)(C)Cn1cccc1Cc1cccnc1. The molecule has 0 atom stereocenters. The summed E-state index contributed by atoms with van der Waals surface area (Å²) >= 11 is 0. The van der Waals surface area contributed by atoms with Crippen LogP contribution in [-0.4, -0.2) is 9.55 Å². The Morgan fingerprint density at radius 3 is 2.65 bits per heavy atom. The lowest BCUT2D eigenvalue weighted by atomic mass is 9.96. The predicted molar refractivity (Wildman–Crippen MR) is 70.9 cm³/mol. The number of hydrogen-bond donors (Lipinski definition) is 0. The molecule has 2 nitrogen and oxygen atoms in total. The minimum absolute atomic E-state index is 0.308. The quantitative estimate of drug-likeness (QED) is 0.786. The van der Waals surface area contributed by atoms with E-state index in [1.54, 1.807) is 0 Å². The van der Waals surface area contributed by atoms with E-state index in [2.05, 4.69) is 54.7 Å². The highest BCUT2D eigenvalue weighted by atomic mass is 15.0. The van der Waals surface area contributed by atoms with Crippen LogP contribution in [0, 0.1) is 5.41 Å². The van der Waals surface area contributed by atoms with Crippen LogP contribution in [0.25, 0.3) is 0 Å². The molecule has 0 fully saturated rings. The molecule has 0 spiro atoms. The molecule has 0 unspecified atom stereocenters. The Balaban J connectivity index is 2.15. The van der Waals surface area contributed by atoms with Crippen LogP contribution < -0.4 is 0 Å². The minimum Gasteiger partial charge on any atom is -0.351 e. The smallest absolute Gasteiger partial charge is 0.0303 e. The van der Waals surface area contributed by atoms with Crippen LogP contribution in [0.3, 0.4) is 0 Å². The van der Waals surface area contributed by atoms with Crippen LogP contribution in [0.5, 0.6) is 0 Å². The lowest BCUT2D eigenvalue weighted by Gasteiger charge is -2.21. The number of hydrogen-bond acceptors (Lipinski definition) is 1. The molecule has 2 rings (SSSR count). The Labute approximate surface area is 103 Å². The molecule has 0 aromatic carbocycles. The molecule has 0 aliphatic carbocycles. The van der Waals surface area contributed by atoms with Crippen molar-refractivity contribution in [3.63, 3.8) is 0 Å². The zero-order valence-electron chi connectivity index (χ0n) is 10.9. The van der Waals surface area contributed by atoms with Gasteiger partial charge in [0.1, 0.15) is 0 Å². The normalized spacial score (nSPS) is 11.7. The van der Waals surface area contributed by atoms with Gasteiger partial charge in [-0.3, -0.25) is 4.98 Å². The summed E-state index contributed by atoms with van der Waals surface area (Å²) in [5.74, 6) is 0. The molecule has 2 heteroatoms. The van der Waals surface area contributed by atoms with Gasteiger partial charge in [-0.25, -0.2) is 0 Å². The van der Waals surface area contributed by atoms with E-state index in [0.717, 1.165) is 13.0 Å². The third-order valence-corrected chi connectivity index (χ3v) is 2.68. The first kappa shape index (κ1) is 11.9. The van der Waals surface area contributed by atoms with Gasteiger partial charge in [-0.05, 0) is 29.2 Å². The fourth-order valence-electron chi connectivity index (χ4n) is 1.99. The fourth-order valence-corrected chi connectivity index (χ4v) is 1.99. The van der Waals surface area contributed by atoms with Crippen molar-refractivity contribution in [2.75, 3.05) is 0 Å². The van der Waals surface area contributed by atoms with Gasteiger partial charge >= 0.3 is 0 Å². The van der Waals surface area contributed by atoms with Crippen molar-refractivity contribution in [1.82, 2.24) is 9.55 Å². The summed E-state index contributed by atoms with van der Waals surface area (Å²) in [5.41, 5.74) is 2.93. The highest BCUT2D eigenvalue weighted by molar-refractivity contribution is 5.19. The standard InChI is InChI=1S/C15H20N2/c1-15(2,3)12-17-9-5-7-14(17)10-13-6-4-8-16-11-13/h4-9,11H,10,12H2,1-3H3. The molecule has 0 radical (unpaired) electrons. The summed E-state index contributed by atoms with van der Waals surface area (Å²) in [6.45, 7) is 7.85. The summed E-state index contributed by atoms with van der Waals surface area (Å²) in [4.78, 5) is 4.16. The van der Waals surface area contributed by atoms with Crippen molar-refractivity contribution in [2.45, 2.75) is 33.7 Å². The van der Waals surface area contributed by atoms with Crippen LogP contribution in [0.4, 0.5) is 0 Å². The van der Waals surface area contributed by atoms with Crippen LogP contribution in [0.2, 0.25) is 0 Å². The van der Waals surface area contributed by atoms with E-state index in [4.69, 9.17) is 0 Å². The lowest BCUT2D eigenvalue weighted by molar-refractivity contribution is 0.340. The molecule has 0 amide bonds. The molecule has 2 aromatic heterocycles. The van der Waals surface area contributed by atoms with E-state index in [1.807, 2.05) is 18.5 Å². The van der Waals surface area contributed by atoms with Crippen LogP contribution in [0.1, 0.15) is 32.0 Å². The Kier molecular flexibility index (Phi) is 3.32. The summed E-state index contributed by atoms with van der Waals surface area (Å²) in [5, 5.41) is 0. The Hall–Kier alpha value is -1.57. The van der Waals surface area contributed by atoms with Gasteiger partial charge in [0.25, 0.3) is 0 Å². The van der Waals surface area contributed by atoms with Gasteiger partial charge in [0, 0.05) is 37.3 Å². The molecular formula is C15H20N2. The van der Waals surface area contributed by atoms with Crippen molar-refractivity contribution >= 4 is 0 Å². The second-order valence-electron chi connectivity index (χ2n) is 5.73. The van der Waals surface area contributed by atoms with Gasteiger partial charge in [0.15, 0.2) is 0 Å². The fraction of sp³-hybridized carbons (Fsp3) is 0.400. The molecule has 0 bridgehead atoms. The Morgan fingerprint density at radius 1 is 1.18 bits per heavy atom. The summed E-state index contributed by atoms with van der Waals surface area (Å²) < 4.78 is 2.34. The minimum atomic E-state index is 0.308. The zero-order chi connectivity index (χ0) is 12.3. The van der Waals surface area contributed by atoms with Crippen molar-refractivity contribution in [2.24, 2.45) is 5.41 Å². The van der Waals surface area contributed by atoms with Crippen molar-refractivity contribution < 1.29 is 0 Å². The molecule has 90 valence electrons. The second-order valence-corrected chi connectivity index (χ2v) is 5.73.